The number of allylic oxidation sites excluding steroid dienone is 5. The summed E-state index contributed by atoms with van der Waals surface area (Å²) in [5.74, 6) is 0.395. The van der Waals surface area contributed by atoms with E-state index in [0.717, 1.165) is 12.8 Å². The van der Waals surface area contributed by atoms with Crippen LogP contribution in [0.5, 0.6) is 0 Å². The molecule has 3 aliphatic carbocycles. The molecular formula is C51H42N2. The summed E-state index contributed by atoms with van der Waals surface area (Å²) < 4.78 is 2.39. The van der Waals surface area contributed by atoms with Gasteiger partial charge in [0.2, 0.25) is 0 Å². The lowest BCUT2D eigenvalue weighted by Crippen LogP contribution is -2.34. The van der Waals surface area contributed by atoms with Crippen LogP contribution in [-0.2, 0) is 5.41 Å². The fourth-order valence-corrected chi connectivity index (χ4v) is 9.13. The molecule has 0 saturated carbocycles. The van der Waals surface area contributed by atoms with Crippen LogP contribution in [0.4, 0.5) is 5.69 Å². The first-order valence-corrected chi connectivity index (χ1v) is 19.0. The highest BCUT2D eigenvalue weighted by Crippen LogP contribution is 2.50. The van der Waals surface area contributed by atoms with E-state index < -0.39 is 0 Å². The highest BCUT2D eigenvalue weighted by molar-refractivity contribution is 6.10. The Balaban J connectivity index is 1.01. The third-order valence-electron chi connectivity index (χ3n) is 11.9. The molecule has 6 aromatic carbocycles. The summed E-state index contributed by atoms with van der Waals surface area (Å²) in [5.41, 5.74) is 15.6. The molecule has 2 unspecified atom stereocenters. The summed E-state index contributed by atoms with van der Waals surface area (Å²) in [4.78, 5) is 2.58. The second-order valence-corrected chi connectivity index (χ2v) is 15.3. The number of para-hydroxylation sites is 2. The van der Waals surface area contributed by atoms with Crippen molar-refractivity contribution < 1.29 is 0 Å². The lowest BCUT2D eigenvalue weighted by molar-refractivity contribution is 0.659. The van der Waals surface area contributed by atoms with Gasteiger partial charge in [0.15, 0.2) is 0 Å². The van der Waals surface area contributed by atoms with Crippen LogP contribution in [0.15, 0.2) is 188 Å². The molecule has 10 rings (SSSR count). The molecule has 1 heterocycles. The van der Waals surface area contributed by atoms with Crippen molar-refractivity contribution in [2.45, 2.75) is 44.1 Å². The maximum absolute atomic E-state index is 2.58. The van der Waals surface area contributed by atoms with Gasteiger partial charge in [-0.3, -0.25) is 0 Å². The summed E-state index contributed by atoms with van der Waals surface area (Å²) in [6.45, 7) is 4.75. The first-order chi connectivity index (χ1) is 26.0. The molecule has 256 valence electrons. The Labute approximate surface area is 312 Å². The van der Waals surface area contributed by atoms with Crippen molar-refractivity contribution in [2.24, 2.45) is 0 Å². The smallest absolute Gasteiger partial charge is 0.0560 e. The van der Waals surface area contributed by atoms with E-state index in [9.17, 15) is 0 Å². The zero-order valence-corrected chi connectivity index (χ0v) is 30.3. The van der Waals surface area contributed by atoms with Gasteiger partial charge in [-0.2, -0.15) is 0 Å². The van der Waals surface area contributed by atoms with E-state index in [4.69, 9.17) is 0 Å². The van der Waals surface area contributed by atoms with Crippen molar-refractivity contribution >= 4 is 33.1 Å². The Bertz CT molecular complexity index is 2650. The van der Waals surface area contributed by atoms with E-state index >= 15 is 0 Å². The van der Waals surface area contributed by atoms with Gasteiger partial charge in [-0.1, -0.05) is 147 Å². The second kappa shape index (κ2) is 12.5. The Morgan fingerprint density at radius 2 is 1.32 bits per heavy atom. The minimum Gasteiger partial charge on any atom is -0.335 e. The molecule has 2 atom stereocenters. The van der Waals surface area contributed by atoms with Crippen LogP contribution in [0.2, 0.25) is 0 Å². The summed E-state index contributed by atoms with van der Waals surface area (Å²) in [6, 6.07) is 53.7. The van der Waals surface area contributed by atoms with E-state index in [1.165, 1.54) is 77.8 Å². The van der Waals surface area contributed by atoms with Gasteiger partial charge in [-0.25, -0.2) is 0 Å². The van der Waals surface area contributed by atoms with Gasteiger partial charge in [0, 0.05) is 39.2 Å². The topological polar surface area (TPSA) is 8.17 Å². The van der Waals surface area contributed by atoms with E-state index in [2.05, 4.69) is 205 Å². The Kier molecular flexibility index (Phi) is 7.47. The number of anilines is 1. The summed E-state index contributed by atoms with van der Waals surface area (Å²) in [7, 11) is 0. The number of hydrogen-bond acceptors (Lipinski definition) is 1. The molecule has 0 amide bonds. The highest BCUT2D eigenvalue weighted by Gasteiger charge is 2.36. The lowest BCUT2D eigenvalue weighted by Gasteiger charge is -2.36. The summed E-state index contributed by atoms with van der Waals surface area (Å²) >= 11 is 0. The van der Waals surface area contributed by atoms with Gasteiger partial charge in [-0.15, -0.1) is 0 Å². The van der Waals surface area contributed by atoms with Gasteiger partial charge in [-0.05, 0) is 100 Å². The maximum Gasteiger partial charge on any atom is 0.0560 e. The third-order valence-corrected chi connectivity index (χ3v) is 11.9. The Morgan fingerprint density at radius 3 is 2.11 bits per heavy atom. The second-order valence-electron chi connectivity index (χ2n) is 15.3. The number of benzene rings is 6. The van der Waals surface area contributed by atoms with Crippen LogP contribution in [0.1, 0.15) is 54.9 Å². The number of fused-ring (bicyclic) bond motifs is 6. The van der Waals surface area contributed by atoms with Gasteiger partial charge >= 0.3 is 0 Å². The molecule has 1 aromatic heterocycles. The molecule has 0 radical (unpaired) electrons. The first-order valence-electron chi connectivity index (χ1n) is 19.0. The van der Waals surface area contributed by atoms with Crippen LogP contribution >= 0.6 is 0 Å². The molecule has 7 aromatic rings. The maximum atomic E-state index is 2.58. The standard InChI is InChI=1S/C51H42N2/c1-51(2)47-19-11-9-17-43(47)44-31-30-42(34-48(44)51)52(40-26-21-36(22-27-40)35-13-5-3-6-14-35)41-28-23-37(24-29-41)38-25-32-50-46(33-38)45-18-10-12-20-49(45)53(50)39-15-7-4-8-16-39/h3-21,23-28,30-34,36,41H,22,29H2,1-2H3. The van der Waals surface area contributed by atoms with E-state index in [1.807, 2.05) is 0 Å². The van der Waals surface area contributed by atoms with Crippen molar-refractivity contribution in [3.63, 3.8) is 0 Å². The molecule has 53 heavy (non-hydrogen) atoms. The Hall–Kier alpha value is -6.12. The largest absolute Gasteiger partial charge is 0.335 e. The molecule has 0 N–H and O–H groups in total. The quantitative estimate of drug-likeness (QED) is 0.169. The van der Waals surface area contributed by atoms with Gasteiger partial charge in [0.25, 0.3) is 0 Å². The van der Waals surface area contributed by atoms with E-state index in [0.29, 0.717) is 5.92 Å². The van der Waals surface area contributed by atoms with Crippen LogP contribution in [0, 0.1) is 0 Å². The molecular weight excluding hydrogens is 641 g/mol. The minimum atomic E-state index is -0.0550. The first kappa shape index (κ1) is 31.6. The predicted octanol–water partition coefficient (Wildman–Crippen LogP) is 12.9. The summed E-state index contributed by atoms with van der Waals surface area (Å²) in [5, 5.41) is 2.57. The van der Waals surface area contributed by atoms with Crippen molar-refractivity contribution in [3.8, 4) is 16.8 Å². The van der Waals surface area contributed by atoms with Crippen LogP contribution in [0.25, 0.3) is 44.2 Å². The van der Waals surface area contributed by atoms with E-state index in [-0.39, 0.29) is 11.5 Å². The molecule has 0 aliphatic heterocycles. The fourth-order valence-electron chi connectivity index (χ4n) is 9.13. The van der Waals surface area contributed by atoms with Gasteiger partial charge in [0.05, 0.1) is 17.1 Å². The molecule has 0 saturated heterocycles. The lowest BCUT2D eigenvalue weighted by atomic mass is 9.82. The zero-order valence-electron chi connectivity index (χ0n) is 30.3. The van der Waals surface area contributed by atoms with Gasteiger partial charge < -0.3 is 9.47 Å². The van der Waals surface area contributed by atoms with Crippen LogP contribution in [0.3, 0.4) is 0 Å². The SMILES string of the molecule is CC1(C)c2ccccc2-c2ccc(N(C3=CCC(c4ccccc4)C=C3)C3C=CC(c4ccc5c(c4)c4ccccc4n5-c4ccccc4)=CC3)cc21. The third kappa shape index (κ3) is 5.24. The minimum absolute atomic E-state index is 0.0550. The number of aromatic nitrogens is 1. The molecule has 0 spiro atoms. The number of hydrogen-bond donors (Lipinski definition) is 0. The normalized spacial score (nSPS) is 18.5. The molecule has 3 aliphatic rings. The van der Waals surface area contributed by atoms with Crippen molar-refractivity contribution in [2.75, 3.05) is 4.90 Å². The number of rotatable bonds is 6. The highest BCUT2D eigenvalue weighted by atomic mass is 15.2. The van der Waals surface area contributed by atoms with Crippen LogP contribution in [-0.4, -0.2) is 10.6 Å². The average Bonchev–Trinajstić information content (AvgIpc) is 3.67. The van der Waals surface area contributed by atoms with Crippen molar-refractivity contribution in [1.29, 1.82) is 0 Å². The predicted molar refractivity (Wildman–Crippen MR) is 224 cm³/mol. The van der Waals surface area contributed by atoms with Crippen LogP contribution < -0.4 is 4.90 Å². The molecule has 2 heteroatoms. The molecule has 0 fully saturated rings. The molecule has 2 nitrogen and oxygen atoms in total. The average molecular weight is 683 g/mol. The van der Waals surface area contributed by atoms with Crippen molar-refractivity contribution in [3.05, 3.63) is 210 Å². The monoisotopic (exact) mass is 682 g/mol. The van der Waals surface area contributed by atoms with Gasteiger partial charge in [0.1, 0.15) is 0 Å². The number of nitrogens with zero attached hydrogens (tertiary/aromatic N) is 2. The Morgan fingerprint density at radius 1 is 0.585 bits per heavy atom. The van der Waals surface area contributed by atoms with E-state index in [1.54, 1.807) is 0 Å². The molecule has 0 bridgehead atoms. The summed E-state index contributed by atoms with van der Waals surface area (Å²) in [6.07, 6.45) is 16.4. The zero-order chi connectivity index (χ0) is 35.5. The van der Waals surface area contributed by atoms with Crippen molar-refractivity contribution in [1.82, 2.24) is 4.57 Å². The fraction of sp³-hybridized carbons (Fsp3) is 0.137.